The number of anilines is 2. The van der Waals surface area contributed by atoms with Gasteiger partial charge in [0.1, 0.15) is 11.6 Å². The molecule has 2 heterocycles. The van der Waals surface area contributed by atoms with Crippen molar-refractivity contribution in [3.05, 3.63) is 48.5 Å². The lowest BCUT2D eigenvalue weighted by atomic mass is 10.1. The quantitative estimate of drug-likeness (QED) is 0.426. The van der Waals surface area contributed by atoms with Gasteiger partial charge in [-0.2, -0.15) is 0 Å². The van der Waals surface area contributed by atoms with Gasteiger partial charge in [0, 0.05) is 10.9 Å². The number of rotatable bonds is 3. The Kier molecular flexibility index (Phi) is 3.16. The van der Waals surface area contributed by atoms with Crippen LogP contribution in [0.1, 0.15) is 0 Å². The van der Waals surface area contributed by atoms with Crippen molar-refractivity contribution in [3.63, 3.8) is 0 Å². The van der Waals surface area contributed by atoms with Crippen LogP contribution in [0.4, 0.5) is 11.6 Å². The smallest absolute Gasteiger partial charge is 0.164 e. The first-order chi connectivity index (χ1) is 9.81. The second-order valence-corrected chi connectivity index (χ2v) is 4.28. The van der Waals surface area contributed by atoms with E-state index in [4.69, 9.17) is 11.7 Å². The molecule has 6 nitrogen and oxygen atoms in total. The van der Waals surface area contributed by atoms with Crippen LogP contribution in [0.15, 0.2) is 48.5 Å². The van der Waals surface area contributed by atoms with Gasteiger partial charge in [0.15, 0.2) is 5.65 Å². The average Bonchev–Trinajstić information content (AvgIpc) is 2.53. The summed E-state index contributed by atoms with van der Waals surface area (Å²) in [4.78, 5) is 8.73. The van der Waals surface area contributed by atoms with Crippen molar-refractivity contribution in [2.75, 3.05) is 10.9 Å². The molecule has 0 aliphatic carbocycles. The van der Waals surface area contributed by atoms with Crippen molar-refractivity contribution in [1.82, 2.24) is 9.97 Å². The van der Waals surface area contributed by atoms with Crippen LogP contribution in [-0.2, 0) is 0 Å². The topological polar surface area (TPSA) is 102 Å². The number of fused-ring (bicyclic) bond motifs is 1. The summed E-state index contributed by atoms with van der Waals surface area (Å²) >= 11 is 0. The molecule has 0 spiro atoms. The Morgan fingerprint density at radius 2 is 1.65 bits per heavy atom. The van der Waals surface area contributed by atoms with Gasteiger partial charge in [-0.3, -0.25) is 0 Å². The monoisotopic (exact) mass is 266 g/mol. The molecule has 0 atom stereocenters. The zero-order valence-corrected chi connectivity index (χ0v) is 10.7. The molecule has 100 valence electrons. The third kappa shape index (κ3) is 2.13. The van der Waals surface area contributed by atoms with E-state index in [2.05, 4.69) is 20.8 Å². The first kappa shape index (κ1) is 12.3. The minimum atomic E-state index is 0.556. The molecule has 3 rings (SSSR count). The van der Waals surface area contributed by atoms with Crippen molar-refractivity contribution < 1.29 is 0 Å². The number of hydrogen-bond acceptors (Lipinski definition) is 6. The summed E-state index contributed by atoms with van der Waals surface area (Å²) in [7, 11) is 0. The molecule has 0 bridgehead atoms. The summed E-state index contributed by atoms with van der Waals surface area (Å²) in [5.74, 6) is 12.1. The summed E-state index contributed by atoms with van der Waals surface area (Å²) in [5, 5.41) is 0.918. The van der Waals surface area contributed by atoms with E-state index in [9.17, 15) is 0 Å². The fourth-order valence-electron chi connectivity index (χ4n) is 2.08. The fourth-order valence-corrected chi connectivity index (χ4v) is 2.08. The van der Waals surface area contributed by atoms with Crippen LogP contribution >= 0.6 is 0 Å². The van der Waals surface area contributed by atoms with Crippen LogP contribution in [0.3, 0.4) is 0 Å². The van der Waals surface area contributed by atoms with Gasteiger partial charge >= 0.3 is 0 Å². The lowest BCUT2D eigenvalue weighted by molar-refractivity contribution is 1.20. The van der Waals surface area contributed by atoms with E-state index < -0.39 is 0 Å². The molecule has 0 amide bonds. The lowest BCUT2D eigenvalue weighted by Gasteiger charge is -2.10. The number of nitrogens with zero attached hydrogens (tertiary/aromatic N) is 2. The molecule has 6 heteroatoms. The minimum absolute atomic E-state index is 0.556. The third-order valence-electron chi connectivity index (χ3n) is 3.05. The standard InChI is InChI=1S/C14H14N6/c15-19-12-7-6-10-8-11(9-4-2-1-3-5-9)14(20-16)18-13(10)17-12/h1-8H,15-16H2,(H2,17,18,19,20). The van der Waals surface area contributed by atoms with E-state index in [1.807, 2.05) is 42.5 Å². The highest BCUT2D eigenvalue weighted by atomic mass is 15.3. The van der Waals surface area contributed by atoms with Gasteiger partial charge in [-0.05, 0) is 23.8 Å². The van der Waals surface area contributed by atoms with Crippen molar-refractivity contribution in [2.24, 2.45) is 11.7 Å². The molecule has 0 saturated heterocycles. The van der Waals surface area contributed by atoms with E-state index in [1.165, 1.54) is 0 Å². The number of aromatic nitrogens is 2. The molecular weight excluding hydrogens is 252 g/mol. The van der Waals surface area contributed by atoms with E-state index >= 15 is 0 Å². The number of nitrogens with two attached hydrogens (primary N) is 2. The maximum absolute atomic E-state index is 5.57. The van der Waals surface area contributed by atoms with Gasteiger partial charge < -0.3 is 10.9 Å². The Morgan fingerprint density at radius 1 is 0.850 bits per heavy atom. The lowest BCUT2D eigenvalue weighted by Crippen LogP contribution is -2.11. The van der Waals surface area contributed by atoms with E-state index in [0.29, 0.717) is 17.3 Å². The highest BCUT2D eigenvalue weighted by Crippen LogP contribution is 2.29. The number of hydrazine groups is 2. The minimum Gasteiger partial charge on any atom is -0.308 e. The Labute approximate surface area is 115 Å². The Bertz CT molecular complexity index is 741. The highest BCUT2D eigenvalue weighted by Gasteiger charge is 2.09. The molecule has 0 saturated carbocycles. The number of pyridine rings is 2. The first-order valence-electron chi connectivity index (χ1n) is 6.12. The van der Waals surface area contributed by atoms with Gasteiger partial charge in [0.25, 0.3) is 0 Å². The van der Waals surface area contributed by atoms with Gasteiger partial charge in [0.2, 0.25) is 0 Å². The normalized spacial score (nSPS) is 10.5. The highest BCUT2D eigenvalue weighted by molar-refractivity contribution is 5.88. The second kappa shape index (κ2) is 5.12. The molecule has 0 fully saturated rings. The predicted octanol–water partition coefficient (Wildman–Crippen LogP) is 1.87. The zero-order valence-electron chi connectivity index (χ0n) is 10.7. The van der Waals surface area contributed by atoms with Crippen LogP contribution in [0.25, 0.3) is 22.2 Å². The number of hydrogen-bond donors (Lipinski definition) is 4. The summed E-state index contributed by atoms with van der Waals surface area (Å²) in [5.41, 5.74) is 7.66. The molecule has 0 radical (unpaired) electrons. The van der Waals surface area contributed by atoms with E-state index in [1.54, 1.807) is 6.07 Å². The summed E-state index contributed by atoms with van der Waals surface area (Å²) < 4.78 is 0. The molecular formula is C14H14N6. The van der Waals surface area contributed by atoms with Crippen molar-refractivity contribution in [3.8, 4) is 11.1 Å². The van der Waals surface area contributed by atoms with Crippen molar-refractivity contribution >= 4 is 22.7 Å². The molecule has 0 aliphatic heterocycles. The van der Waals surface area contributed by atoms with Gasteiger partial charge in [-0.15, -0.1) is 0 Å². The Morgan fingerprint density at radius 3 is 2.35 bits per heavy atom. The molecule has 6 N–H and O–H groups in total. The Balaban J connectivity index is 2.22. The zero-order chi connectivity index (χ0) is 13.9. The largest absolute Gasteiger partial charge is 0.308 e. The second-order valence-electron chi connectivity index (χ2n) is 4.28. The molecule has 3 aromatic rings. The van der Waals surface area contributed by atoms with Crippen molar-refractivity contribution in [2.45, 2.75) is 0 Å². The summed E-state index contributed by atoms with van der Waals surface area (Å²) in [6.07, 6.45) is 0. The molecule has 0 unspecified atom stereocenters. The molecule has 2 aromatic heterocycles. The first-order valence-corrected chi connectivity index (χ1v) is 6.12. The third-order valence-corrected chi connectivity index (χ3v) is 3.05. The van der Waals surface area contributed by atoms with E-state index in [-0.39, 0.29) is 0 Å². The summed E-state index contributed by atoms with van der Waals surface area (Å²) in [6, 6.07) is 15.6. The number of benzene rings is 1. The van der Waals surface area contributed by atoms with Crippen molar-refractivity contribution in [1.29, 1.82) is 0 Å². The Hall–Kier alpha value is -2.70. The molecule has 0 aliphatic rings. The van der Waals surface area contributed by atoms with Gasteiger partial charge in [0.05, 0.1) is 0 Å². The van der Waals surface area contributed by atoms with E-state index in [0.717, 1.165) is 16.5 Å². The van der Waals surface area contributed by atoms with Gasteiger partial charge in [-0.1, -0.05) is 30.3 Å². The fraction of sp³-hybridized carbons (Fsp3) is 0. The predicted molar refractivity (Wildman–Crippen MR) is 80.6 cm³/mol. The van der Waals surface area contributed by atoms with Crippen LogP contribution < -0.4 is 22.5 Å². The molecule has 1 aromatic carbocycles. The van der Waals surface area contributed by atoms with Crippen LogP contribution in [0.5, 0.6) is 0 Å². The van der Waals surface area contributed by atoms with Crippen LogP contribution in [-0.4, -0.2) is 9.97 Å². The van der Waals surface area contributed by atoms with Crippen LogP contribution in [0, 0.1) is 0 Å². The maximum Gasteiger partial charge on any atom is 0.164 e. The number of nitrogen functional groups attached to an aromatic ring is 2. The van der Waals surface area contributed by atoms with Crippen LogP contribution in [0.2, 0.25) is 0 Å². The number of nitrogens with one attached hydrogen (secondary N) is 2. The average molecular weight is 266 g/mol. The molecule has 20 heavy (non-hydrogen) atoms. The summed E-state index contributed by atoms with van der Waals surface area (Å²) in [6.45, 7) is 0. The maximum atomic E-state index is 5.57. The SMILES string of the molecule is NNc1ccc2cc(-c3ccccc3)c(NN)nc2n1. The van der Waals surface area contributed by atoms with Gasteiger partial charge in [-0.25, -0.2) is 21.7 Å².